The van der Waals surface area contributed by atoms with Crippen LogP contribution in [0.25, 0.3) is 11.0 Å². The van der Waals surface area contributed by atoms with Crippen molar-refractivity contribution in [3.8, 4) is 5.75 Å². The zero-order valence-electron chi connectivity index (χ0n) is 27.0. The van der Waals surface area contributed by atoms with Crippen LogP contribution in [0.5, 0.6) is 5.75 Å². The molecule has 46 heavy (non-hydrogen) atoms. The van der Waals surface area contributed by atoms with Crippen molar-refractivity contribution in [3.63, 3.8) is 0 Å². The first-order valence-electron chi connectivity index (χ1n) is 15.9. The summed E-state index contributed by atoms with van der Waals surface area (Å²) in [6.07, 6.45) is 10.6. The summed E-state index contributed by atoms with van der Waals surface area (Å²) < 4.78 is 24.2. The number of likely N-dealkylation sites (N-methyl/N-ethyl adjacent to an activating group) is 1. The average molecular weight is 647 g/mol. The van der Waals surface area contributed by atoms with Crippen LogP contribution in [0.15, 0.2) is 42.9 Å². The third kappa shape index (κ3) is 7.06. The second-order valence-corrected chi connectivity index (χ2v) is 12.5. The van der Waals surface area contributed by atoms with Crippen molar-refractivity contribution in [3.05, 3.63) is 54.2 Å². The molecule has 0 bridgehead atoms. The van der Waals surface area contributed by atoms with E-state index in [0.717, 1.165) is 76.2 Å². The molecule has 3 N–H and O–H groups in total. The maximum Gasteiger partial charge on any atom is 0.229 e. The second kappa shape index (κ2) is 14.7. The first kappa shape index (κ1) is 32.0. The number of nitrogens with one attached hydrogen (secondary N) is 3. The van der Waals surface area contributed by atoms with E-state index < -0.39 is 5.82 Å². The average Bonchev–Trinajstić information content (AvgIpc) is 3.08. The SMILES string of the molecule is CCCc1cc(Nc2ncc(F)c(Nc3ccc4nccnc4c3NSC)n2)c(OC)cc1N1CCC(N2CCN(C)CC2)CC1. The van der Waals surface area contributed by atoms with Crippen molar-refractivity contribution in [1.29, 1.82) is 0 Å². The zero-order valence-corrected chi connectivity index (χ0v) is 27.8. The molecule has 2 saturated heterocycles. The number of nitrogens with zero attached hydrogens (tertiary/aromatic N) is 7. The summed E-state index contributed by atoms with van der Waals surface area (Å²) in [5, 5.41) is 6.44. The summed E-state index contributed by atoms with van der Waals surface area (Å²) in [6, 6.07) is 8.58. The summed E-state index contributed by atoms with van der Waals surface area (Å²) in [5.41, 5.74) is 5.92. The molecule has 2 aliphatic heterocycles. The quantitative estimate of drug-likeness (QED) is 0.169. The highest BCUT2D eigenvalue weighted by atomic mass is 32.2. The standard InChI is InChI=1S/C33H43FN10OS/c1-5-6-22-19-27(29(45-3)20-28(22)44-13-9-23(10-14-44)43-17-15-42(2)16-18-43)39-33-37-21-24(34)32(40-33)38-26-8-7-25-30(31(26)41-46-4)36-12-11-35-25/h7-8,11-12,19-21,23,41H,5-6,9-10,13-18H2,1-4H3,(H2,37,38,39,40). The third-order valence-corrected chi connectivity index (χ3v) is 9.28. The molecule has 2 aliphatic rings. The fourth-order valence-electron chi connectivity index (χ4n) is 6.41. The van der Waals surface area contributed by atoms with Crippen molar-refractivity contribution in [2.24, 2.45) is 0 Å². The van der Waals surface area contributed by atoms with E-state index in [1.165, 1.54) is 29.4 Å². The van der Waals surface area contributed by atoms with E-state index in [4.69, 9.17) is 4.74 Å². The van der Waals surface area contributed by atoms with Gasteiger partial charge in [0.1, 0.15) is 11.3 Å². The Balaban J connectivity index is 1.22. The molecule has 6 rings (SSSR count). The molecule has 244 valence electrons. The number of methoxy groups -OCH3 is 1. The summed E-state index contributed by atoms with van der Waals surface area (Å²) in [7, 11) is 3.88. The van der Waals surface area contributed by atoms with Gasteiger partial charge in [-0.05, 0) is 50.1 Å². The van der Waals surface area contributed by atoms with Crippen LogP contribution < -0.4 is 25.0 Å². The number of fused-ring (bicyclic) bond motifs is 1. The van der Waals surface area contributed by atoms with Gasteiger partial charge in [-0.15, -0.1) is 0 Å². The van der Waals surface area contributed by atoms with Crippen LogP contribution in [-0.2, 0) is 6.42 Å². The molecular formula is C33H43FN10OS. The second-order valence-electron chi connectivity index (χ2n) is 11.8. The van der Waals surface area contributed by atoms with Crippen molar-refractivity contribution in [1.82, 2.24) is 29.7 Å². The highest BCUT2D eigenvalue weighted by Gasteiger charge is 2.28. The molecule has 0 saturated carbocycles. The number of hydrogen-bond donors (Lipinski definition) is 3. The molecule has 0 atom stereocenters. The zero-order chi connectivity index (χ0) is 32.0. The molecule has 4 heterocycles. The summed E-state index contributed by atoms with van der Waals surface area (Å²) in [6.45, 7) is 8.85. The van der Waals surface area contributed by atoms with Gasteiger partial charge in [0.15, 0.2) is 11.6 Å². The fraction of sp³-hybridized carbons (Fsp3) is 0.455. The van der Waals surface area contributed by atoms with E-state index in [9.17, 15) is 0 Å². The maximum atomic E-state index is 15.1. The molecular weight excluding hydrogens is 603 g/mol. The Labute approximate surface area is 274 Å². The molecule has 2 aromatic heterocycles. The Kier molecular flexibility index (Phi) is 10.2. The Morgan fingerprint density at radius 2 is 1.76 bits per heavy atom. The highest BCUT2D eigenvalue weighted by molar-refractivity contribution is 7.99. The van der Waals surface area contributed by atoms with Crippen LogP contribution in [0.4, 0.5) is 38.9 Å². The normalized spacial score (nSPS) is 16.5. The lowest BCUT2D eigenvalue weighted by Gasteiger charge is -2.43. The summed E-state index contributed by atoms with van der Waals surface area (Å²) >= 11 is 1.41. The molecule has 0 aliphatic carbocycles. The number of rotatable bonds is 11. The number of hydrogen-bond acceptors (Lipinski definition) is 12. The molecule has 11 nitrogen and oxygen atoms in total. The Bertz CT molecular complexity index is 1640. The molecule has 0 spiro atoms. The predicted octanol–water partition coefficient (Wildman–Crippen LogP) is 5.91. The number of halogens is 1. The van der Waals surface area contributed by atoms with Gasteiger partial charge in [0.2, 0.25) is 5.95 Å². The lowest BCUT2D eigenvalue weighted by Crippen LogP contribution is -2.52. The van der Waals surface area contributed by atoms with Gasteiger partial charge >= 0.3 is 0 Å². The van der Waals surface area contributed by atoms with Gasteiger partial charge in [0.05, 0.1) is 35.9 Å². The number of anilines is 6. The van der Waals surface area contributed by atoms with E-state index in [1.807, 2.05) is 18.4 Å². The van der Waals surface area contributed by atoms with Crippen LogP contribution in [0, 0.1) is 5.82 Å². The molecule has 2 fully saturated rings. The molecule has 0 radical (unpaired) electrons. The van der Waals surface area contributed by atoms with Crippen molar-refractivity contribution in [2.75, 3.05) is 79.9 Å². The largest absolute Gasteiger partial charge is 0.494 e. The van der Waals surface area contributed by atoms with Gasteiger partial charge in [0.25, 0.3) is 0 Å². The number of ether oxygens (including phenoxy) is 1. The number of aryl methyl sites for hydroxylation is 1. The van der Waals surface area contributed by atoms with E-state index >= 15 is 4.39 Å². The van der Waals surface area contributed by atoms with E-state index in [1.54, 1.807) is 19.5 Å². The lowest BCUT2D eigenvalue weighted by molar-refractivity contribution is 0.0982. The fourth-order valence-corrected chi connectivity index (χ4v) is 6.82. The van der Waals surface area contributed by atoms with Crippen molar-refractivity contribution >= 4 is 57.5 Å². The highest BCUT2D eigenvalue weighted by Crippen LogP contribution is 2.38. The number of benzene rings is 2. The van der Waals surface area contributed by atoms with Gasteiger partial charge in [0, 0.05) is 75.7 Å². The third-order valence-electron chi connectivity index (χ3n) is 8.87. The van der Waals surface area contributed by atoms with Crippen molar-refractivity contribution < 1.29 is 9.13 Å². The molecule has 4 aromatic rings. The van der Waals surface area contributed by atoms with Gasteiger partial charge in [-0.2, -0.15) is 4.98 Å². The minimum absolute atomic E-state index is 0.0393. The van der Waals surface area contributed by atoms with Gasteiger partial charge in [-0.25, -0.2) is 9.37 Å². The molecule has 13 heteroatoms. The number of piperazine rings is 1. The smallest absolute Gasteiger partial charge is 0.229 e. The Hall–Kier alpha value is -3.94. The van der Waals surface area contributed by atoms with Gasteiger partial charge < -0.3 is 29.9 Å². The molecule has 0 amide bonds. The van der Waals surface area contributed by atoms with Crippen LogP contribution in [-0.4, -0.2) is 95.5 Å². The first-order valence-corrected chi connectivity index (χ1v) is 17.2. The molecule has 0 unspecified atom stereocenters. The Morgan fingerprint density at radius 1 is 0.978 bits per heavy atom. The van der Waals surface area contributed by atoms with Crippen LogP contribution in [0.3, 0.4) is 0 Å². The Morgan fingerprint density at radius 3 is 2.50 bits per heavy atom. The monoisotopic (exact) mass is 646 g/mol. The minimum Gasteiger partial charge on any atom is -0.494 e. The summed E-state index contributed by atoms with van der Waals surface area (Å²) in [5.74, 6) is 0.412. The van der Waals surface area contributed by atoms with Crippen LogP contribution in [0.1, 0.15) is 31.7 Å². The predicted molar refractivity (Wildman–Crippen MR) is 187 cm³/mol. The van der Waals surface area contributed by atoms with Gasteiger partial charge in [-0.1, -0.05) is 25.3 Å². The number of aromatic nitrogens is 4. The van der Waals surface area contributed by atoms with E-state index in [-0.39, 0.29) is 11.8 Å². The van der Waals surface area contributed by atoms with Crippen LogP contribution >= 0.6 is 11.9 Å². The minimum atomic E-state index is -0.575. The lowest BCUT2D eigenvalue weighted by atomic mass is 9.99. The van der Waals surface area contributed by atoms with Gasteiger partial charge in [-0.3, -0.25) is 14.9 Å². The topological polar surface area (TPSA) is 107 Å². The van der Waals surface area contributed by atoms with E-state index in [2.05, 4.69) is 76.1 Å². The number of piperidine rings is 1. The molecule has 2 aromatic carbocycles. The summed E-state index contributed by atoms with van der Waals surface area (Å²) in [4.78, 5) is 25.2. The maximum absolute atomic E-state index is 15.1. The van der Waals surface area contributed by atoms with Crippen molar-refractivity contribution in [2.45, 2.75) is 38.6 Å². The van der Waals surface area contributed by atoms with Crippen LogP contribution in [0.2, 0.25) is 0 Å². The first-order chi connectivity index (χ1) is 22.5. The van der Waals surface area contributed by atoms with E-state index in [0.29, 0.717) is 28.7 Å².